The van der Waals surface area contributed by atoms with Gasteiger partial charge in [0, 0.05) is 18.0 Å². The van der Waals surface area contributed by atoms with E-state index in [0.29, 0.717) is 5.69 Å². The van der Waals surface area contributed by atoms with E-state index in [9.17, 15) is 18.0 Å². The van der Waals surface area contributed by atoms with Crippen LogP contribution in [0, 0.1) is 11.3 Å². The third-order valence-corrected chi connectivity index (χ3v) is 3.89. The summed E-state index contributed by atoms with van der Waals surface area (Å²) in [5.41, 5.74) is 5.29. The lowest BCUT2D eigenvalue weighted by atomic mass is 10.2. The molecule has 0 saturated heterocycles. The highest BCUT2D eigenvalue weighted by Gasteiger charge is 2.32. The summed E-state index contributed by atoms with van der Waals surface area (Å²) in [6, 6.07) is 11.2. The third kappa shape index (κ3) is 3.98. The highest BCUT2D eigenvalue weighted by atomic mass is 19.4. The molecule has 0 radical (unpaired) electrons. The van der Waals surface area contributed by atoms with Gasteiger partial charge in [0.15, 0.2) is 5.69 Å². The van der Waals surface area contributed by atoms with Gasteiger partial charge in [-0.3, -0.25) is 0 Å². The van der Waals surface area contributed by atoms with Gasteiger partial charge >= 0.3 is 12.1 Å². The minimum absolute atomic E-state index is 0.0164. The van der Waals surface area contributed by atoms with Crippen molar-refractivity contribution in [1.82, 2.24) is 9.55 Å². The van der Waals surface area contributed by atoms with Gasteiger partial charge in [-0.2, -0.15) is 18.4 Å². The zero-order valence-corrected chi connectivity index (χ0v) is 14.9. The standard InChI is InChI=1S/C19H13F3N4O3/c1-28-18(27)17-16(24)11(9-23)10-26(17)12-5-7-13(8-6-12)29-15-4-2-3-14(25-15)19(20,21)22/h2-8,10H,24H2,1H3. The molecule has 0 unspecified atom stereocenters. The molecule has 2 heterocycles. The van der Waals surface area contributed by atoms with Crippen LogP contribution in [0.1, 0.15) is 21.7 Å². The number of esters is 1. The number of halogens is 3. The maximum absolute atomic E-state index is 12.8. The topological polar surface area (TPSA) is 103 Å². The number of nitrogens with two attached hydrogens (primary N) is 1. The van der Waals surface area contributed by atoms with Gasteiger partial charge in [0.25, 0.3) is 0 Å². The van der Waals surface area contributed by atoms with Crippen LogP contribution in [-0.2, 0) is 10.9 Å². The lowest BCUT2D eigenvalue weighted by Gasteiger charge is -2.11. The second-order valence-corrected chi connectivity index (χ2v) is 5.73. The number of nitrogens with zero attached hydrogens (tertiary/aromatic N) is 3. The number of hydrogen-bond acceptors (Lipinski definition) is 6. The lowest BCUT2D eigenvalue weighted by Crippen LogP contribution is -2.11. The van der Waals surface area contributed by atoms with E-state index < -0.39 is 17.8 Å². The number of carbonyl (C=O) groups excluding carboxylic acids is 1. The summed E-state index contributed by atoms with van der Waals surface area (Å²) < 4.78 is 49.7. The molecule has 1 aromatic carbocycles. The molecule has 0 amide bonds. The van der Waals surface area contributed by atoms with E-state index >= 15 is 0 Å². The van der Waals surface area contributed by atoms with Gasteiger partial charge in [0.2, 0.25) is 5.88 Å². The number of nitrogen functional groups attached to an aromatic ring is 1. The molecule has 0 atom stereocenters. The summed E-state index contributed by atoms with van der Waals surface area (Å²) in [6.45, 7) is 0. The number of aromatic nitrogens is 2. The summed E-state index contributed by atoms with van der Waals surface area (Å²) in [7, 11) is 1.18. The van der Waals surface area contributed by atoms with Crippen LogP contribution in [0.3, 0.4) is 0 Å². The number of hydrogen-bond donors (Lipinski definition) is 1. The van der Waals surface area contributed by atoms with Crippen LogP contribution in [0.5, 0.6) is 11.6 Å². The normalized spacial score (nSPS) is 11.0. The largest absolute Gasteiger partial charge is 0.464 e. The average molecular weight is 402 g/mol. The maximum atomic E-state index is 12.8. The monoisotopic (exact) mass is 402 g/mol. The molecule has 0 saturated carbocycles. The predicted octanol–water partition coefficient (Wildman–Crippen LogP) is 3.92. The van der Waals surface area contributed by atoms with Crippen LogP contribution >= 0.6 is 0 Å². The molecule has 10 heteroatoms. The minimum atomic E-state index is -4.58. The smallest absolute Gasteiger partial charge is 0.433 e. The highest BCUT2D eigenvalue weighted by Crippen LogP contribution is 2.30. The van der Waals surface area contributed by atoms with Crippen LogP contribution < -0.4 is 10.5 Å². The molecule has 0 aliphatic rings. The van der Waals surface area contributed by atoms with E-state index in [-0.39, 0.29) is 28.6 Å². The number of ether oxygens (including phenoxy) is 2. The first-order valence-electron chi connectivity index (χ1n) is 8.06. The van der Waals surface area contributed by atoms with Gasteiger partial charge in [-0.25, -0.2) is 9.78 Å². The van der Waals surface area contributed by atoms with Crippen molar-refractivity contribution in [3.05, 3.63) is 65.6 Å². The fraction of sp³-hybridized carbons (Fsp3) is 0.105. The Hall–Kier alpha value is -4.00. The van der Waals surface area contributed by atoms with Crippen molar-refractivity contribution in [3.8, 4) is 23.4 Å². The van der Waals surface area contributed by atoms with Crippen LogP contribution in [-0.4, -0.2) is 22.6 Å². The van der Waals surface area contributed by atoms with E-state index in [1.165, 1.54) is 54.3 Å². The molecule has 3 aromatic rings. The van der Waals surface area contributed by atoms with E-state index in [4.69, 9.17) is 20.5 Å². The fourth-order valence-corrected chi connectivity index (χ4v) is 2.54. The first kappa shape index (κ1) is 19.8. The van der Waals surface area contributed by atoms with Gasteiger partial charge in [-0.05, 0) is 30.3 Å². The first-order valence-corrected chi connectivity index (χ1v) is 8.06. The van der Waals surface area contributed by atoms with Gasteiger partial charge < -0.3 is 19.8 Å². The number of anilines is 1. The Morgan fingerprint density at radius 2 is 1.90 bits per heavy atom. The molecule has 3 rings (SSSR count). The van der Waals surface area contributed by atoms with Gasteiger partial charge in [0.05, 0.1) is 18.4 Å². The highest BCUT2D eigenvalue weighted by molar-refractivity contribution is 5.95. The van der Waals surface area contributed by atoms with Crippen molar-refractivity contribution in [2.45, 2.75) is 6.18 Å². The number of alkyl halides is 3. The average Bonchev–Trinajstić information content (AvgIpc) is 3.04. The van der Waals surface area contributed by atoms with Crippen molar-refractivity contribution in [3.63, 3.8) is 0 Å². The SMILES string of the molecule is COC(=O)c1c(N)c(C#N)cn1-c1ccc(Oc2cccc(C(F)(F)F)n2)cc1. The molecular formula is C19H13F3N4O3. The van der Waals surface area contributed by atoms with Crippen molar-refractivity contribution in [2.75, 3.05) is 12.8 Å². The summed E-state index contributed by atoms with van der Waals surface area (Å²) in [4.78, 5) is 15.4. The Bertz CT molecular complexity index is 1100. The Labute approximate surface area is 162 Å². The second-order valence-electron chi connectivity index (χ2n) is 5.73. The molecular weight excluding hydrogens is 389 g/mol. The fourth-order valence-electron chi connectivity index (χ4n) is 2.54. The van der Waals surface area contributed by atoms with Crippen LogP contribution in [0.25, 0.3) is 5.69 Å². The zero-order valence-electron chi connectivity index (χ0n) is 14.9. The molecule has 0 fully saturated rings. The van der Waals surface area contributed by atoms with Crippen LogP contribution in [0.15, 0.2) is 48.7 Å². The van der Waals surface area contributed by atoms with Crippen molar-refractivity contribution in [2.24, 2.45) is 0 Å². The van der Waals surface area contributed by atoms with Gasteiger partial charge in [-0.15, -0.1) is 0 Å². The van der Waals surface area contributed by atoms with E-state index in [1.807, 2.05) is 6.07 Å². The van der Waals surface area contributed by atoms with Crippen LogP contribution in [0.4, 0.5) is 18.9 Å². The van der Waals surface area contributed by atoms with Crippen molar-refractivity contribution in [1.29, 1.82) is 5.26 Å². The molecule has 0 bridgehead atoms. The minimum Gasteiger partial charge on any atom is -0.464 e. The zero-order chi connectivity index (χ0) is 21.2. The Kier molecular flexibility index (Phi) is 5.14. The van der Waals surface area contributed by atoms with E-state index in [2.05, 4.69) is 4.98 Å². The number of pyridine rings is 1. The third-order valence-electron chi connectivity index (χ3n) is 3.89. The summed E-state index contributed by atoms with van der Waals surface area (Å²) in [5.74, 6) is -0.724. The Balaban J connectivity index is 1.91. The quantitative estimate of drug-likeness (QED) is 0.664. The lowest BCUT2D eigenvalue weighted by molar-refractivity contribution is -0.141. The van der Waals surface area contributed by atoms with E-state index in [1.54, 1.807) is 0 Å². The maximum Gasteiger partial charge on any atom is 0.433 e. The molecule has 7 nitrogen and oxygen atoms in total. The molecule has 0 spiro atoms. The van der Waals surface area contributed by atoms with Crippen LogP contribution in [0.2, 0.25) is 0 Å². The summed E-state index contributed by atoms with van der Waals surface area (Å²) in [5, 5.41) is 9.14. The van der Waals surface area contributed by atoms with Crippen molar-refractivity contribution < 1.29 is 27.4 Å². The molecule has 148 valence electrons. The number of methoxy groups -OCH3 is 1. The summed E-state index contributed by atoms with van der Waals surface area (Å²) in [6.07, 6.45) is -3.20. The molecule has 0 aliphatic heterocycles. The molecule has 2 aromatic heterocycles. The Morgan fingerprint density at radius 1 is 1.21 bits per heavy atom. The van der Waals surface area contributed by atoms with Gasteiger partial charge in [0.1, 0.15) is 17.5 Å². The molecule has 0 aliphatic carbocycles. The Morgan fingerprint density at radius 3 is 2.48 bits per heavy atom. The first-order chi connectivity index (χ1) is 13.7. The predicted molar refractivity (Wildman–Crippen MR) is 95.5 cm³/mol. The molecule has 2 N–H and O–H groups in total. The van der Waals surface area contributed by atoms with Crippen molar-refractivity contribution >= 4 is 11.7 Å². The number of rotatable bonds is 4. The van der Waals surface area contributed by atoms with Gasteiger partial charge in [-0.1, -0.05) is 6.07 Å². The number of benzene rings is 1. The molecule has 29 heavy (non-hydrogen) atoms. The van der Waals surface area contributed by atoms with E-state index in [0.717, 1.165) is 6.07 Å². The number of nitriles is 1. The summed E-state index contributed by atoms with van der Waals surface area (Å²) >= 11 is 0. The second kappa shape index (κ2) is 7.55. The number of carbonyl (C=O) groups is 1.